The standard InChI is InChI=1S/C14H16N2O8/c17-9-1-2-10(18)15(9)23-13(21)7-5-8(6-7)14(22)24-16-11(19)3-4-12(16)20/h7-9,17H,1-6H2. The van der Waals surface area contributed by atoms with Crippen molar-refractivity contribution in [2.24, 2.45) is 11.8 Å². The topological polar surface area (TPSA) is 131 Å². The van der Waals surface area contributed by atoms with E-state index in [1.807, 2.05) is 0 Å². The number of imide groups is 1. The van der Waals surface area contributed by atoms with Crippen LogP contribution >= 0.6 is 0 Å². The highest BCUT2D eigenvalue weighted by Crippen LogP contribution is 2.36. The lowest BCUT2D eigenvalue weighted by Crippen LogP contribution is -2.44. The van der Waals surface area contributed by atoms with Crippen molar-refractivity contribution in [1.82, 2.24) is 10.1 Å². The fourth-order valence-corrected chi connectivity index (χ4v) is 2.75. The lowest BCUT2D eigenvalue weighted by molar-refractivity contribution is -0.228. The van der Waals surface area contributed by atoms with E-state index >= 15 is 0 Å². The van der Waals surface area contributed by atoms with Crippen LogP contribution in [0.4, 0.5) is 0 Å². The van der Waals surface area contributed by atoms with Crippen molar-refractivity contribution >= 4 is 29.7 Å². The van der Waals surface area contributed by atoms with Gasteiger partial charge >= 0.3 is 11.9 Å². The first-order valence-corrected chi connectivity index (χ1v) is 7.66. The van der Waals surface area contributed by atoms with Crippen LogP contribution < -0.4 is 0 Å². The van der Waals surface area contributed by atoms with Crippen LogP contribution in [0.3, 0.4) is 0 Å². The third-order valence-electron chi connectivity index (χ3n) is 4.31. The maximum absolute atomic E-state index is 11.9. The van der Waals surface area contributed by atoms with Crippen LogP contribution in [-0.4, -0.2) is 51.1 Å². The average Bonchev–Trinajstić information content (AvgIpc) is 2.96. The Morgan fingerprint density at radius 2 is 1.42 bits per heavy atom. The third kappa shape index (κ3) is 2.96. The van der Waals surface area contributed by atoms with Crippen molar-refractivity contribution in [3.8, 4) is 0 Å². The highest BCUT2D eigenvalue weighted by atomic mass is 16.7. The molecule has 0 aromatic heterocycles. The first kappa shape index (κ1) is 16.4. The number of amides is 3. The highest BCUT2D eigenvalue weighted by Gasteiger charge is 2.45. The van der Waals surface area contributed by atoms with E-state index in [-0.39, 0.29) is 38.5 Å². The number of hydrogen-bond donors (Lipinski definition) is 1. The summed E-state index contributed by atoms with van der Waals surface area (Å²) in [6.07, 6.45) is -0.557. The minimum atomic E-state index is -1.14. The summed E-state index contributed by atoms with van der Waals surface area (Å²) in [4.78, 5) is 67.5. The second kappa shape index (κ2) is 6.19. The van der Waals surface area contributed by atoms with Crippen molar-refractivity contribution < 1.29 is 38.8 Å². The predicted molar refractivity (Wildman–Crippen MR) is 71.6 cm³/mol. The van der Waals surface area contributed by atoms with Gasteiger partial charge in [-0.2, -0.15) is 0 Å². The van der Waals surface area contributed by atoms with Crippen LogP contribution in [0.15, 0.2) is 0 Å². The molecule has 10 nitrogen and oxygen atoms in total. The fourth-order valence-electron chi connectivity index (χ4n) is 2.75. The molecule has 1 saturated carbocycles. The summed E-state index contributed by atoms with van der Waals surface area (Å²) in [5, 5.41) is 10.6. The predicted octanol–water partition coefficient (Wildman–Crippen LogP) is -0.981. The van der Waals surface area contributed by atoms with Gasteiger partial charge in [-0.3, -0.25) is 14.4 Å². The summed E-state index contributed by atoms with van der Waals surface area (Å²) >= 11 is 0. The minimum Gasteiger partial charge on any atom is -0.370 e. The van der Waals surface area contributed by atoms with Crippen LogP contribution in [0.5, 0.6) is 0 Å². The number of nitrogens with zero attached hydrogens (tertiary/aromatic N) is 2. The quantitative estimate of drug-likeness (QED) is 0.646. The zero-order valence-corrected chi connectivity index (χ0v) is 12.7. The molecule has 3 rings (SSSR count). The van der Waals surface area contributed by atoms with Crippen LogP contribution in [0.2, 0.25) is 0 Å². The second-order valence-electron chi connectivity index (χ2n) is 6.01. The molecule has 0 aromatic rings. The summed E-state index contributed by atoms with van der Waals surface area (Å²) in [6.45, 7) is 0. The van der Waals surface area contributed by atoms with Gasteiger partial charge in [0.1, 0.15) is 0 Å². The van der Waals surface area contributed by atoms with E-state index in [0.29, 0.717) is 10.1 Å². The molecule has 130 valence electrons. The molecule has 3 aliphatic rings. The molecule has 2 heterocycles. The van der Waals surface area contributed by atoms with Gasteiger partial charge < -0.3 is 14.8 Å². The molecule has 10 heteroatoms. The SMILES string of the molecule is O=C(ON1C(=O)CCC1=O)C1CC(C(=O)ON2C(=O)CCC2O)C1. The second-order valence-corrected chi connectivity index (χ2v) is 6.01. The van der Waals surface area contributed by atoms with Gasteiger partial charge in [0.2, 0.25) is 0 Å². The summed E-state index contributed by atoms with van der Waals surface area (Å²) < 4.78 is 0. The molecular weight excluding hydrogens is 324 g/mol. The molecule has 1 N–H and O–H groups in total. The maximum atomic E-state index is 11.9. The van der Waals surface area contributed by atoms with E-state index in [1.54, 1.807) is 0 Å². The van der Waals surface area contributed by atoms with E-state index in [9.17, 15) is 29.1 Å². The lowest BCUT2D eigenvalue weighted by Gasteiger charge is -2.33. The van der Waals surface area contributed by atoms with Crippen LogP contribution in [-0.2, 0) is 33.6 Å². The Kier molecular flexibility index (Phi) is 4.22. The molecule has 1 atom stereocenters. The van der Waals surface area contributed by atoms with Crippen molar-refractivity contribution in [2.45, 2.75) is 44.8 Å². The largest absolute Gasteiger partial charge is 0.370 e. The molecular formula is C14H16N2O8. The molecule has 24 heavy (non-hydrogen) atoms. The van der Waals surface area contributed by atoms with E-state index < -0.39 is 47.7 Å². The van der Waals surface area contributed by atoms with Gasteiger partial charge in [0, 0.05) is 25.7 Å². The number of aliphatic hydroxyl groups excluding tert-OH is 1. The Bertz CT molecular complexity index is 596. The summed E-state index contributed by atoms with van der Waals surface area (Å²) in [5.74, 6) is -4.29. The Labute approximate surface area is 136 Å². The molecule has 0 radical (unpaired) electrons. The fraction of sp³-hybridized carbons (Fsp3) is 0.643. The van der Waals surface area contributed by atoms with Crippen molar-refractivity contribution in [1.29, 1.82) is 0 Å². The summed E-state index contributed by atoms with van der Waals surface area (Å²) in [7, 11) is 0. The normalized spacial score (nSPS) is 29.7. The van der Waals surface area contributed by atoms with E-state index in [4.69, 9.17) is 9.68 Å². The van der Waals surface area contributed by atoms with E-state index in [0.717, 1.165) is 0 Å². The first-order valence-electron chi connectivity index (χ1n) is 7.66. The van der Waals surface area contributed by atoms with Gasteiger partial charge in [0.25, 0.3) is 17.7 Å². The van der Waals surface area contributed by atoms with Crippen molar-refractivity contribution in [3.63, 3.8) is 0 Å². The van der Waals surface area contributed by atoms with Gasteiger partial charge in [0.15, 0.2) is 6.23 Å². The monoisotopic (exact) mass is 340 g/mol. The third-order valence-corrected chi connectivity index (χ3v) is 4.31. The number of hydrogen-bond acceptors (Lipinski definition) is 8. The Morgan fingerprint density at radius 1 is 0.875 bits per heavy atom. The first-order chi connectivity index (χ1) is 11.4. The van der Waals surface area contributed by atoms with Crippen molar-refractivity contribution in [2.75, 3.05) is 0 Å². The molecule has 2 saturated heterocycles. The van der Waals surface area contributed by atoms with Gasteiger partial charge in [-0.25, -0.2) is 9.59 Å². The number of carbonyl (C=O) groups excluding carboxylic acids is 5. The van der Waals surface area contributed by atoms with Gasteiger partial charge in [-0.1, -0.05) is 0 Å². The summed E-state index contributed by atoms with van der Waals surface area (Å²) in [6, 6.07) is 0. The molecule has 1 aliphatic carbocycles. The Hall–Kier alpha value is -2.49. The smallest absolute Gasteiger partial charge is 0.336 e. The van der Waals surface area contributed by atoms with Gasteiger partial charge in [0.05, 0.1) is 11.8 Å². The molecule has 0 aromatic carbocycles. The molecule has 0 spiro atoms. The number of aliphatic hydroxyl groups is 1. The van der Waals surface area contributed by atoms with Crippen LogP contribution in [0, 0.1) is 11.8 Å². The number of hydroxylamine groups is 4. The van der Waals surface area contributed by atoms with Gasteiger partial charge in [-0.15, -0.1) is 10.1 Å². The molecule has 0 bridgehead atoms. The van der Waals surface area contributed by atoms with Crippen LogP contribution in [0.1, 0.15) is 38.5 Å². The zero-order chi connectivity index (χ0) is 17.4. The Morgan fingerprint density at radius 3 is 1.92 bits per heavy atom. The molecule has 3 amide bonds. The highest BCUT2D eigenvalue weighted by molar-refractivity contribution is 6.01. The molecule has 2 aliphatic heterocycles. The molecule has 1 unspecified atom stereocenters. The van der Waals surface area contributed by atoms with E-state index in [1.165, 1.54) is 0 Å². The minimum absolute atomic E-state index is 0.0118. The van der Waals surface area contributed by atoms with Crippen molar-refractivity contribution in [3.05, 3.63) is 0 Å². The Balaban J connectivity index is 1.45. The average molecular weight is 340 g/mol. The number of rotatable bonds is 4. The maximum Gasteiger partial charge on any atom is 0.336 e. The van der Waals surface area contributed by atoms with E-state index in [2.05, 4.69) is 0 Å². The van der Waals surface area contributed by atoms with Gasteiger partial charge in [-0.05, 0) is 12.8 Å². The van der Waals surface area contributed by atoms with Crippen LogP contribution in [0.25, 0.3) is 0 Å². The zero-order valence-electron chi connectivity index (χ0n) is 12.7. The summed E-state index contributed by atoms with van der Waals surface area (Å²) in [5.41, 5.74) is 0. The molecule has 3 fully saturated rings. The lowest BCUT2D eigenvalue weighted by atomic mass is 9.75. The number of carbonyl (C=O) groups is 5.